The lowest BCUT2D eigenvalue weighted by atomic mass is 9.93. The molecule has 10 N–H and O–H groups in total. The number of ether oxygens (including phenoxy) is 1. The minimum atomic E-state index is -4.02. The highest BCUT2D eigenvalue weighted by molar-refractivity contribution is 7.92. The maximum absolute atomic E-state index is 15.0. The second kappa shape index (κ2) is 42.9. The van der Waals surface area contributed by atoms with Gasteiger partial charge >= 0.3 is 46.8 Å². The van der Waals surface area contributed by atoms with E-state index in [2.05, 4.69) is 65.3 Å². The number of hydrogen-bond donors (Lipinski definition) is 10. The number of methoxy groups -OCH3 is 1. The van der Waals surface area contributed by atoms with E-state index < -0.39 is 120 Å². The summed E-state index contributed by atoms with van der Waals surface area (Å²) >= 11 is 11.3. The van der Waals surface area contributed by atoms with E-state index in [1.165, 1.54) is 84.1 Å². The van der Waals surface area contributed by atoms with Gasteiger partial charge in [-0.15, -0.1) is 5.10 Å². The van der Waals surface area contributed by atoms with Gasteiger partial charge in [-0.2, -0.15) is 67.9 Å². The Hall–Kier alpha value is -13.1. The molecule has 54 heteroatoms. The van der Waals surface area contributed by atoms with Crippen molar-refractivity contribution in [2.24, 2.45) is 11.0 Å². The lowest BCUT2D eigenvalue weighted by molar-refractivity contribution is -0.116. The van der Waals surface area contributed by atoms with Crippen LogP contribution in [-0.2, 0) is 99.1 Å². The van der Waals surface area contributed by atoms with Crippen LogP contribution < -0.4 is 51.6 Å². The third kappa shape index (κ3) is 21.6. The summed E-state index contributed by atoms with van der Waals surface area (Å²) in [5.41, 5.74) is 9.75. The van der Waals surface area contributed by atoms with Crippen molar-refractivity contribution in [3.8, 4) is 5.88 Å². The largest absolute Gasteiger partial charge is 0.773 e. The quantitative estimate of drug-likeness (QED) is 0.0144. The number of ketones is 3. The Morgan fingerprint density at radius 2 is 1.01 bits per heavy atom. The van der Waals surface area contributed by atoms with Crippen LogP contribution in [0.4, 0.5) is 50.5 Å². The van der Waals surface area contributed by atoms with Crippen LogP contribution in [0.2, 0.25) is 10.0 Å². The van der Waals surface area contributed by atoms with E-state index in [9.17, 15) is 88.7 Å². The number of Topliss-reactive ketones (excluding diaryl/α,β-unsaturated/α-hetero) is 3. The second-order valence-electron chi connectivity index (χ2n) is 35.6. The van der Waals surface area contributed by atoms with Gasteiger partial charge in [-0.05, 0) is 172 Å². The number of carbonyl (C=O) groups is 5. The highest BCUT2D eigenvalue weighted by atomic mass is 35.5. The van der Waals surface area contributed by atoms with Crippen molar-refractivity contribution in [1.29, 1.82) is 0 Å². The molecule has 0 spiro atoms. The molecule has 14 aromatic rings. The zero-order chi connectivity index (χ0) is 106. The molecule has 788 valence electrons. The fourth-order valence-electron chi connectivity index (χ4n) is 18.6. The number of H-pyrrole nitrogens is 3. The first kappa shape index (κ1) is 109. The number of sulfone groups is 1. The third-order valence-corrected chi connectivity index (χ3v) is 33.7. The Bertz CT molecular complexity index is 8550. The number of fused-ring (bicyclic) bond motifs is 8. The molecule has 0 radical (unpaired) electrons. The third-order valence-electron chi connectivity index (χ3n) is 25.2. The van der Waals surface area contributed by atoms with Crippen LogP contribution >= 0.6 is 23.2 Å². The molecule has 12 heterocycles. The normalized spacial score (nSPS) is 17.1. The highest BCUT2D eigenvalue weighted by Crippen LogP contribution is 2.46. The number of carbonyl (C=O) groups excluding carboxylic acids is 4. The summed E-state index contributed by atoms with van der Waals surface area (Å²) in [4.78, 5) is 66.1. The molecule has 5 aliphatic heterocycles. The number of likely N-dealkylation sites (N-methyl/N-ethyl adjacent to an activating group) is 1. The van der Waals surface area contributed by atoms with Crippen LogP contribution in [0.3, 0.4) is 0 Å². The van der Waals surface area contributed by atoms with Crippen LogP contribution in [0.5, 0.6) is 5.88 Å². The first-order valence-electron chi connectivity index (χ1n) is 45.5. The van der Waals surface area contributed by atoms with Crippen LogP contribution in [0.15, 0.2) is 126 Å². The molecule has 1 amide bonds. The predicted molar refractivity (Wildman–Crippen MR) is 556 cm³/mol. The van der Waals surface area contributed by atoms with Gasteiger partial charge in [0.15, 0.2) is 38.7 Å². The summed E-state index contributed by atoms with van der Waals surface area (Å²) in [6.07, 6.45) is 8.44. The highest BCUT2D eigenvalue weighted by Gasteiger charge is 2.43. The molecule has 3 unspecified atom stereocenters. The van der Waals surface area contributed by atoms with Crippen molar-refractivity contribution in [2.75, 3.05) is 120 Å². The fraction of sp³-hybridized carbons (Fsp3) is 0.330. The molecule has 4 saturated heterocycles. The number of aromatic nitrogens is 10. The van der Waals surface area contributed by atoms with Crippen molar-refractivity contribution in [3.63, 3.8) is 0 Å². The van der Waals surface area contributed by atoms with E-state index in [-0.39, 0.29) is 184 Å². The standard InChI is InChI=1S/C25H27ClFN7O4S.C24H25ClFN5O5S2.C22H22FN5O5S.C21H21F2N5O3S.CH4O2S.CH4/c1-13-7-17-21(10-19(13)27)33(23(14(2)35)24(17)34-6-5-28-39(34,37)38)11-15-8-16-20(9-18(15)26)30-31-25(16)29-22(36)12-32(3)4;1-3-6-37(33,34)13-22(32)24-23(31-5-4-28-38(31,35)36)17-7-14(2)19(26)10-21(17)30(24)12-16-8-15-11-27-29-20(15)9-18(16)25;1-3-12-4-5-18-15(8-12)19(28-7-6-24-34(28,31)32)20(22(29)30)27(18)11-13-9-14-17(10-16(13)23)25-26-21(14)33-2;1-11-5-15-19(8-16(11)22)27(10-14-7-18-13(6-17(14)23)9-24-26-18)20(12(2)29)21(15)28-4-3-25-32(28,30)31;1-4(2)3;/h7-10,28H,5-6,11-12H2,1-4H3,(H2,29,30,31,36);7-11,28H,3-6,12-13H2,1-2H3,(H,27,29);4-5,8-10,24H,3,6-7,11H2,1-2H3,(H,25,26)(H,29,30);5-9,13,18,25-26H,3-4,10H2,1-2H3;1H3,(H,2,3);1H4/p-1. The van der Waals surface area contributed by atoms with Gasteiger partial charge < -0.3 is 48.3 Å². The average molecular weight is 2200 g/mol. The number of rotatable bonds is 25. The number of nitrogens with zero attached hydrogens (tertiary/aromatic N) is 13. The monoisotopic (exact) mass is 2200 g/mol. The summed E-state index contributed by atoms with van der Waals surface area (Å²) in [7, 11) is -14.4. The topological polar surface area (TPSA) is 532 Å². The molecule has 0 bridgehead atoms. The number of hydrazone groups is 1. The van der Waals surface area contributed by atoms with Crippen LogP contribution in [0.25, 0.3) is 76.3 Å². The van der Waals surface area contributed by atoms with Crippen LogP contribution in [0, 0.1) is 50.0 Å². The molecule has 148 heavy (non-hydrogen) atoms. The minimum Gasteiger partial charge on any atom is -0.773 e. The minimum absolute atomic E-state index is 0. The average Bonchev–Trinajstić information content (AvgIpc) is 1.58. The number of hydrogen-bond acceptors (Lipinski definition) is 24. The lowest BCUT2D eigenvalue weighted by Gasteiger charge is -2.21. The first-order valence-corrected chi connectivity index (χ1v) is 55.3. The van der Waals surface area contributed by atoms with Gasteiger partial charge in [0.1, 0.15) is 51.9 Å². The summed E-state index contributed by atoms with van der Waals surface area (Å²) in [6, 6.07) is 23.2. The van der Waals surface area contributed by atoms with Gasteiger partial charge in [-0.1, -0.05) is 67.7 Å². The van der Waals surface area contributed by atoms with E-state index in [4.69, 9.17) is 36.7 Å². The van der Waals surface area contributed by atoms with Gasteiger partial charge in [-0.3, -0.25) is 55.9 Å². The van der Waals surface area contributed by atoms with Crippen LogP contribution in [0.1, 0.15) is 122 Å². The summed E-state index contributed by atoms with van der Waals surface area (Å²) in [6.45, 7) is 11.9. The number of halogens is 7. The van der Waals surface area contributed by atoms with Crippen molar-refractivity contribution >= 4 is 225 Å². The van der Waals surface area contributed by atoms with E-state index in [1.807, 2.05) is 13.0 Å². The van der Waals surface area contributed by atoms with Crippen molar-refractivity contribution in [3.05, 3.63) is 216 Å². The molecular formula is C94H102Cl2F5N22O19S6-. The maximum Gasteiger partial charge on any atom is 0.354 e. The van der Waals surface area contributed by atoms with Crippen LogP contribution in [-0.4, -0.2) is 249 Å². The summed E-state index contributed by atoms with van der Waals surface area (Å²) < 4.78 is 245. The second-order valence-corrected chi connectivity index (χ2v) is 46.1. The number of aromatic carboxylic acids is 1. The van der Waals surface area contributed by atoms with Gasteiger partial charge in [0, 0.05) is 151 Å². The molecule has 6 aliphatic rings. The zero-order valence-corrected chi connectivity index (χ0v) is 86.8. The molecule has 1 aliphatic carbocycles. The van der Waals surface area contributed by atoms with E-state index >= 15 is 4.39 Å². The number of benzene rings is 7. The van der Waals surface area contributed by atoms with E-state index in [0.717, 1.165) is 34.4 Å². The Morgan fingerprint density at radius 1 is 0.568 bits per heavy atom. The van der Waals surface area contributed by atoms with Crippen molar-refractivity contribution < 1.29 is 107 Å². The Kier molecular flexibility index (Phi) is 31.6. The molecule has 4 fully saturated rings. The number of anilines is 5. The molecule has 7 aromatic heterocycles. The molecule has 7 aromatic carbocycles. The smallest absolute Gasteiger partial charge is 0.354 e. The molecular weight excluding hydrogens is 2100 g/mol. The van der Waals surface area contributed by atoms with Gasteiger partial charge in [0.2, 0.25) is 11.8 Å². The molecule has 41 nitrogen and oxygen atoms in total. The number of allylic oxidation sites excluding steroid dienone is 2. The summed E-state index contributed by atoms with van der Waals surface area (Å²) in [5.74, 6) is -6.33. The summed E-state index contributed by atoms with van der Waals surface area (Å²) in [5, 5.41) is 41.7. The lowest BCUT2D eigenvalue weighted by Crippen LogP contribution is -2.31. The van der Waals surface area contributed by atoms with Gasteiger partial charge in [0.25, 0.3) is 0 Å². The van der Waals surface area contributed by atoms with E-state index in [0.29, 0.717) is 122 Å². The Morgan fingerprint density at radius 3 is 1.49 bits per heavy atom. The predicted octanol–water partition coefficient (Wildman–Crippen LogP) is 11.4. The number of nitrogens with one attached hydrogen (secondary N) is 9. The zero-order valence-electron chi connectivity index (χ0n) is 80.3. The van der Waals surface area contributed by atoms with Crippen molar-refractivity contribution in [1.82, 2.24) is 78.1 Å². The number of carboxylic acid groups (broad SMARTS) is 1. The number of carboxylic acids is 1. The fourth-order valence-corrected chi connectivity index (χ4v) is 25.4. The van der Waals surface area contributed by atoms with Gasteiger partial charge in [0.05, 0.1) is 111 Å². The molecule has 20 rings (SSSR count). The number of amides is 1. The Labute approximate surface area is 858 Å². The SMILES string of the molecule is C.CC(=O)c1c(N2CCNS2(=O)=O)c2cc(C)c(F)cc2n1CC1=CC2NN=CC2C=C1F.CC(=O)c1c(N2CCNS2(=O)=O)c2cc(C)c(F)cc2n1Cc1cc2c(NC(=O)CN(C)C)n[nH]c2cc1Cl.CCCS(=O)(=O)CC(=O)c1c(N2CCNS2(=O)=O)c2cc(C)c(F)cc2n1Cc1cc2cn[nH]c2cc1Cl.CCc1ccc2c(c1)c(N1CCNS1(=O)=O)c(C(=O)O)n2Cc1cc2c(OC)n[nH]c2cc1F.CS(=O)[O-]. The van der Waals surface area contributed by atoms with Crippen molar-refractivity contribution in [2.45, 2.75) is 101 Å². The van der Waals surface area contributed by atoms with E-state index in [1.54, 1.807) is 111 Å². The molecule has 0 saturated carbocycles. The van der Waals surface area contributed by atoms with Gasteiger partial charge in [-0.25, -0.2) is 35.2 Å². The number of aryl methyl sites for hydroxylation is 4. The maximum atomic E-state index is 15.0. The first-order chi connectivity index (χ1) is 69.4. The number of aromatic amines is 3. The molecule has 3 atom stereocenters. The Balaban J connectivity index is 0.000000146.